The number of likely N-dealkylation sites (tertiary alicyclic amines) is 1. The van der Waals surface area contributed by atoms with Crippen molar-refractivity contribution in [2.45, 2.75) is 5.92 Å². The van der Waals surface area contributed by atoms with E-state index in [4.69, 9.17) is 11.6 Å². The summed E-state index contributed by atoms with van der Waals surface area (Å²) in [6, 6.07) is 5.64. The molecule has 0 radical (unpaired) electrons. The van der Waals surface area contributed by atoms with Gasteiger partial charge in [0.2, 0.25) is 0 Å². The molecular weight excluding hydrogens is 262 g/mol. The molecule has 4 nitrogen and oxygen atoms in total. The average Bonchev–Trinajstić information content (AvgIpc) is 2.38. The second-order valence-corrected chi connectivity index (χ2v) is 4.95. The molecule has 2 aromatic heterocycles. The highest BCUT2D eigenvalue weighted by Gasteiger charge is 2.32. The lowest BCUT2D eigenvalue weighted by atomic mass is 9.91. The van der Waals surface area contributed by atoms with Gasteiger partial charge in [-0.05, 0) is 23.8 Å². The van der Waals surface area contributed by atoms with E-state index in [0.29, 0.717) is 16.5 Å². The highest BCUT2D eigenvalue weighted by Crippen LogP contribution is 2.28. The van der Waals surface area contributed by atoms with Gasteiger partial charge in [0.15, 0.2) is 0 Å². The van der Waals surface area contributed by atoms with Crippen LogP contribution in [0.3, 0.4) is 0 Å². The minimum atomic E-state index is -0.0299. The van der Waals surface area contributed by atoms with Crippen molar-refractivity contribution in [2.75, 3.05) is 13.1 Å². The molecule has 2 aromatic rings. The highest BCUT2D eigenvalue weighted by molar-refractivity contribution is 6.33. The van der Waals surface area contributed by atoms with Crippen LogP contribution in [0.4, 0.5) is 0 Å². The highest BCUT2D eigenvalue weighted by atomic mass is 35.5. The lowest BCUT2D eigenvalue weighted by Crippen LogP contribution is -2.48. The van der Waals surface area contributed by atoms with Crippen molar-refractivity contribution in [3.63, 3.8) is 0 Å². The van der Waals surface area contributed by atoms with E-state index in [-0.39, 0.29) is 5.91 Å². The van der Waals surface area contributed by atoms with Crippen molar-refractivity contribution in [2.24, 2.45) is 0 Å². The molecule has 1 aliphatic heterocycles. The summed E-state index contributed by atoms with van der Waals surface area (Å²) in [6.07, 6.45) is 6.63. The Morgan fingerprint density at radius 1 is 1.16 bits per heavy atom. The predicted octanol–water partition coefficient (Wildman–Crippen LogP) is 2.37. The van der Waals surface area contributed by atoms with Gasteiger partial charge in [0.05, 0.1) is 10.6 Å². The maximum absolute atomic E-state index is 12.2. The Morgan fingerprint density at radius 2 is 1.84 bits per heavy atom. The quantitative estimate of drug-likeness (QED) is 0.844. The number of carbonyl (C=O) groups is 1. The minimum absolute atomic E-state index is 0.0299. The molecule has 0 aliphatic carbocycles. The minimum Gasteiger partial charge on any atom is -0.337 e. The molecule has 3 heterocycles. The molecule has 0 atom stereocenters. The molecule has 1 saturated heterocycles. The van der Waals surface area contributed by atoms with Crippen LogP contribution in [0, 0.1) is 0 Å². The maximum Gasteiger partial charge on any atom is 0.255 e. The Bertz CT molecular complexity index is 597. The van der Waals surface area contributed by atoms with E-state index in [1.54, 1.807) is 29.6 Å². The SMILES string of the molecule is O=C(c1ccncc1Cl)N1CC(c2ccncc2)C1. The van der Waals surface area contributed by atoms with Crippen LogP contribution in [0.5, 0.6) is 0 Å². The lowest BCUT2D eigenvalue weighted by molar-refractivity contribution is 0.0602. The van der Waals surface area contributed by atoms with Crippen molar-refractivity contribution in [1.29, 1.82) is 0 Å². The summed E-state index contributed by atoms with van der Waals surface area (Å²) in [7, 11) is 0. The van der Waals surface area contributed by atoms with E-state index < -0.39 is 0 Å². The first-order valence-corrected chi connectivity index (χ1v) is 6.42. The third-order valence-corrected chi connectivity index (χ3v) is 3.65. The van der Waals surface area contributed by atoms with Gasteiger partial charge in [-0.1, -0.05) is 11.6 Å². The zero-order chi connectivity index (χ0) is 13.2. The van der Waals surface area contributed by atoms with Gasteiger partial charge >= 0.3 is 0 Å². The Kier molecular flexibility index (Phi) is 3.17. The molecule has 3 rings (SSSR count). The molecule has 5 heteroatoms. The average molecular weight is 274 g/mol. The molecule has 1 amide bonds. The summed E-state index contributed by atoms with van der Waals surface area (Å²) < 4.78 is 0. The first-order chi connectivity index (χ1) is 9.25. The van der Waals surface area contributed by atoms with Crippen LogP contribution in [-0.2, 0) is 0 Å². The van der Waals surface area contributed by atoms with Gasteiger partial charge in [-0.3, -0.25) is 14.8 Å². The monoisotopic (exact) mass is 273 g/mol. The van der Waals surface area contributed by atoms with Gasteiger partial charge in [-0.15, -0.1) is 0 Å². The molecule has 0 spiro atoms. The summed E-state index contributed by atoms with van der Waals surface area (Å²) in [4.78, 5) is 21.9. The van der Waals surface area contributed by atoms with Crippen LogP contribution >= 0.6 is 11.6 Å². The van der Waals surface area contributed by atoms with Crippen LogP contribution in [0.1, 0.15) is 21.8 Å². The van der Waals surface area contributed by atoms with Crippen LogP contribution in [0.2, 0.25) is 5.02 Å². The Morgan fingerprint density at radius 3 is 2.53 bits per heavy atom. The number of hydrogen-bond donors (Lipinski definition) is 0. The number of amides is 1. The largest absolute Gasteiger partial charge is 0.337 e. The molecule has 1 aliphatic rings. The van der Waals surface area contributed by atoms with Crippen molar-refractivity contribution < 1.29 is 4.79 Å². The summed E-state index contributed by atoms with van der Waals surface area (Å²) in [5.74, 6) is 0.366. The number of halogens is 1. The van der Waals surface area contributed by atoms with Gasteiger partial charge < -0.3 is 4.90 Å². The fraction of sp³-hybridized carbons (Fsp3) is 0.214. The number of pyridine rings is 2. The second-order valence-electron chi connectivity index (χ2n) is 4.54. The fourth-order valence-corrected chi connectivity index (χ4v) is 2.41. The van der Waals surface area contributed by atoms with E-state index in [0.717, 1.165) is 13.1 Å². The van der Waals surface area contributed by atoms with E-state index >= 15 is 0 Å². The molecule has 0 N–H and O–H groups in total. The zero-order valence-electron chi connectivity index (χ0n) is 10.2. The molecular formula is C14H12ClN3O. The predicted molar refractivity (Wildman–Crippen MR) is 72.1 cm³/mol. The van der Waals surface area contributed by atoms with Gasteiger partial charge in [0, 0.05) is 43.8 Å². The van der Waals surface area contributed by atoms with Crippen molar-refractivity contribution >= 4 is 17.5 Å². The Hall–Kier alpha value is -1.94. The third kappa shape index (κ3) is 2.31. The molecule has 0 bridgehead atoms. The maximum atomic E-state index is 12.2. The molecule has 0 aromatic carbocycles. The van der Waals surface area contributed by atoms with Gasteiger partial charge in [0.1, 0.15) is 0 Å². The van der Waals surface area contributed by atoms with Gasteiger partial charge in [-0.25, -0.2) is 0 Å². The van der Waals surface area contributed by atoms with Crippen LogP contribution in [0.15, 0.2) is 43.0 Å². The molecule has 96 valence electrons. The fourth-order valence-electron chi connectivity index (χ4n) is 2.21. The number of nitrogens with zero attached hydrogens (tertiary/aromatic N) is 3. The van der Waals surface area contributed by atoms with Crippen molar-refractivity contribution in [3.05, 3.63) is 59.1 Å². The Balaban J connectivity index is 1.68. The van der Waals surface area contributed by atoms with Crippen molar-refractivity contribution in [3.8, 4) is 0 Å². The topological polar surface area (TPSA) is 46.1 Å². The second kappa shape index (κ2) is 4.97. The first kappa shape index (κ1) is 12.1. The van der Waals surface area contributed by atoms with Gasteiger partial charge in [0.25, 0.3) is 5.91 Å². The van der Waals surface area contributed by atoms with Crippen LogP contribution < -0.4 is 0 Å². The normalized spacial score (nSPS) is 15.1. The lowest BCUT2D eigenvalue weighted by Gasteiger charge is -2.39. The van der Waals surface area contributed by atoms with E-state index in [1.165, 1.54) is 11.8 Å². The zero-order valence-corrected chi connectivity index (χ0v) is 10.9. The molecule has 0 saturated carbocycles. The standard InChI is InChI=1S/C14H12ClN3O/c15-13-7-17-6-3-12(13)14(19)18-8-11(9-18)10-1-4-16-5-2-10/h1-7,11H,8-9H2. The van der Waals surface area contributed by atoms with Gasteiger partial charge in [-0.2, -0.15) is 0 Å². The van der Waals surface area contributed by atoms with Crippen molar-refractivity contribution in [1.82, 2.24) is 14.9 Å². The van der Waals surface area contributed by atoms with Crippen LogP contribution in [-0.4, -0.2) is 33.9 Å². The number of aromatic nitrogens is 2. The Labute approximate surface area is 116 Å². The summed E-state index contributed by atoms with van der Waals surface area (Å²) in [5.41, 5.74) is 1.74. The third-order valence-electron chi connectivity index (χ3n) is 3.35. The molecule has 1 fully saturated rings. The van der Waals surface area contributed by atoms with E-state index in [2.05, 4.69) is 9.97 Å². The van der Waals surface area contributed by atoms with Crippen LogP contribution in [0.25, 0.3) is 0 Å². The number of rotatable bonds is 2. The smallest absolute Gasteiger partial charge is 0.255 e. The summed E-state index contributed by atoms with van der Waals surface area (Å²) in [6.45, 7) is 1.45. The molecule has 19 heavy (non-hydrogen) atoms. The number of hydrogen-bond acceptors (Lipinski definition) is 3. The van der Waals surface area contributed by atoms with E-state index in [1.807, 2.05) is 12.1 Å². The summed E-state index contributed by atoms with van der Waals surface area (Å²) >= 11 is 5.98. The first-order valence-electron chi connectivity index (χ1n) is 6.04. The number of carbonyl (C=O) groups excluding carboxylic acids is 1. The summed E-state index contributed by atoms with van der Waals surface area (Å²) in [5, 5.41) is 0.403. The molecule has 0 unspecified atom stereocenters. The van der Waals surface area contributed by atoms with E-state index in [9.17, 15) is 4.79 Å².